The number of rotatable bonds is 12. The fourth-order valence-corrected chi connectivity index (χ4v) is 22.6. The standard InChI is InChI=1S/C64H88N10O16.C30H50O/c1-27(2)44-53(78)35-19-17-21-37(35)61(84)71(13)25-40(75)73(15)50(29(5)6)63(86)88-33(11)46(59(82)67-44)69-57(80)39-24-23-31(9)55-48(39)66-49-42(43(65)52(77)32(10)56(49)90-55)58(81)70-47-34(12)89-64(87)51(30(7)8)74(16)41(76)26-72(14)62(85)38-22-18-20-36(38)54(79)45(28(3)4)68-60(47)83;1-20(2)10-9-11-21(3)22-14-18-30(8)24-12-13-25-27(4,5)26(31)16-17-28(25,6)23(24)15-19-29(22,30)7/h23-24,27-30,33-38,44-47,50-51H,17-22,25-26,65H2,1-16H3,(H,67,82)(H,68,83)(H,69,80)(H,70,81);10,21-22,25-26,31H,9,11-19H2,1-8H3. The molecule has 4 saturated carbocycles. The number of nitrogens with one attached hydrogen (secondary N) is 4. The SMILES string of the molecule is CC(C)=CCCC(C)C1CCC2(C)C3=C(CCC12C)C1(C)CCC(O)C(C)(C)C1CC3.Cc1c2oc3c(C)ccc(C(=O)NC4C(=O)NC(C(C)C)C(=O)C5CCCC5C(=O)N(C)CC(=O)N(C)C(C(C)C)C(=O)OC4C)c3nc-2c(C(=O)NC2C(=O)NC(C(C)C)C(=O)C3CCCC3C(=O)N(C)CC(=O)N(C)C(C(C)C)C(=O)OC2C)c(N)c1=O. The van der Waals surface area contributed by atoms with Crippen molar-refractivity contribution in [2.75, 3.05) is 47.0 Å². The van der Waals surface area contributed by atoms with E-state index in [0.29, 0.717) is 66.3 Å². The molecule has 27 heteroatoms. The summed E-state index contributed by atoms with van der Waals surface area (Å²) >= 11 is 0. The van der Waals surface area contributed by atoms with Crippen molar-refractivity contribution in [3.05, 3.63) is 67.4 Å². The van der Waals surface area contributed by atoms with Gasteiger partial charge in [-0.2, -0.15) is 0 Å². The number of nitrogens with zero attached hydrogens (tertiary/aromatic N) is 5. The molecule has 10 aliphatic rings. The van der Waals surface area contributed by atoms with Crippen LogP contribution < -0.4 is 32.4 Å². The van der Waals surface area contributed by atoms with Crippen LogP contribution >= 0.6 is 0 Å². The number of aryl methyl sites for hydroxylation is 1. The summed E-state index contributed by atoms with van der Waals surface area (Å²) in [5.74, 6) is -12.6. The van der Waals surface area contributed by atoms with E-state index in [-0.39, 0.29) is 45.2 Å². The van der Waals surface area contributed by atoms with E-state index in [0.717, 1.165) is 28.1 Å². The Bertz CT molecular complexity index is 4630. The molecule has 1 aromatic rings. The molecule has 0 bridgehead atoms. The van der Waals surface area contributed by atoms with Gasteiger partial charge < -0.3 is 65.6 Å². The van der Waals surface area contributed by atoms with Crippen molar-refractivity contribution in [3.63, 3.8) is 0 Å². The summed E-state index contributed by atoms with van der Waals surface area (Å²) in [4.78, 5) is 197. The summed E-state index contributed by atoms with van der Waals surface area (Å²) in [6.45, 7) is 37.9. The van der Waals surface area contributed by atoms with Gasteiger partial charge >= 0.3 is 11.9 Å². The zero-order valence-electron chi connectivity index (χ0n) is 76.3. The molecule has 6 fully saturated rings. The molecule has 7 N–H and O–H groups in total. The molecule has 3 aliphatic heterocycles. The van der Waals surface area contributed by atoms with E-state index in [1.165, 1.54) is 134 Å². The predicted molar refractivity (Wildman–Crippen MR) is 461 cm³/mol. The number of likely N-dealkylation sites (N-methyl/N-ethyl adjacent to an activating group) is 4. The minimum Gasteiger partial charge on any atom is -0.458 e. The Hall–Kier alpha value is -8.88. The number of ether oxygens (including phenoxy) is 2. The molecular weight excluding hydrogens is 1540 g/mol. The van der Waals surface area contributed by atoms with Gasteiger partial charge in [0.15, 0.2) is 22.9 Å². The maximum atomic E-state index is 15.2. The number of benzene rings is 2. The zero-order chi connectivity index (χ0) is 89.8. The first-order chi connectivity index (χ1) is 56.5. The van der Waals surface area contributed by atoms with Crippen LogP contribution in [0, 0.1) is 101 Å². The van der Waals surface area contributed by atoms with E-state index in [1.54, 1.807) is 62.3 Å². The van der Waals surface area contributed by atoms with E-state index in [1.807, 2.05) is 11.1 Å². The van der Waals surface area contributed by atoms with Crippen molar-refractivity contribution < 1.29 is 76.5 Å². The van der Waals surface area contributed by atoms with Gasteiger partial charge in [-0.15, -0.1) is 0 Å². The molecule has 27 nitrogen and oxygen atoms in total. The van der Waals surface area contributed by atoms with Crippen molar-refractivity contribution in [1.29, 1.82) is 0 Å². The lowest BCUT2D eigenvalue weighted by Gasteiger charge is -2.62. The number of carbonyl (C=O) groups excluding carboxylic acids is 12. The Morgan fingerprint density at radius 3 is 1.60 bits per heavy atom. The van der Waals surface area contributed by atoms with Gasteiger partial charge in [-0.3, -0.25) is 52.7 Å². The summed E-state index contributed by atoms with van der Waals surface area (Å²) in [7, 11) is 5.66. The van der Waals surface area contributed by atoms with Crippen LogP contribution in [0.5, 0.6) is 0 Å². The molecule has 11 rings (SSSR count). The smallest absolute Gasteiger partial charge is 0.329 e. The Morgan fingerprint density at radius 1 is 0.628 bits per heavy atom. The highest BCUT2D eigenvalue weighted by molar-refractivity contribution is 6.11. The van der Waals surface area contributed by atoms with Gasteiger partial charge in [-0.05, 0) is 206 Å². The van der Waals surface area contributed by atoms with Gasteiger partial charge in [0.2, 0.25) is 40.9 Å². The molecule has 0 spiro atoms. The van der Waals surface area contributed by atoms with Crippen molar-refractivity contribution >= 4 is 87.5 Å². The van der Waals surface area contributed by atoms with Crippen LogP contribution in [0.4, 0.5) is 5.69 Å². The maximum absolute atomic E-state index is 15.2. The molecule has 19 atom stereocenters. The average molecular weight is 1680 g/mol. The fourth-order valence-electron chi connectivity index (χ4n) is 22.6. The van der Waals surface area contributed by atoms with Gasteiger partial charge in [-0.1, -0.05) is 139 Å². The third kappa shape index (κ3) is 18.1. The number of anilines is 1. The highest BCUT2D eigenvalue weighted by atomic mass is 16.6. The second-order valence-corrected chi connectivity index (χ2v) is 39.8. The molecule has 2 saturated heterocycles. The van der Waals surface area contributed by atoms with Crippen molar-refractivity contribution in [3.8, 4) is 11.5 Å². The van der Waals surface area contributed by atoms with E-state index < -0.39 is 196 Å². The zero-order valence-corrected chi connectivity index (χ0v) is 76.3. The number of nitrogen functional groups attached to an aromatic ring is 1. The number of hydrogen-bond donors (Lipinski definition) is 6. The minimum absolute atomic E-state index is 0.0465. The van der Waals surface area contributed by atoms with Crippen LogP contribution in [0.25, 0.3) is 22.6 Å². The third-order valence-corrected chi connectivity index (χ3v) is 30.0. The molecule has 1 aromatic carbocycles. The van der Waals surface area contributed by atoms with E-state index in [4.69, 9.17) is 24.6 Å². The van der Waals surface area contributed by atoms with Crippen LogP contribution in [0.15, 0.2) is 44.1 Å². The highest BCUT2D eigenvalue weighted by Crippen LogP contribution is 2.72. The number of aliphatic hydroxyl groups is 1. The van der Waals surface area contributed by atoms with E-state index in [9.17, 15) is 57.8 Å². The van der Waals surface area contributed by atoms with Gasteiger partial charge in [0.05, 0.1) is 48.1 Å². The largest absolute Gasteiger partial charge is 0.458 e. The van der Waals surface area contributed by atoms with Crippen LogP contribution in [-0.2, 0) is 57.4 Å². The maximum Gasteiger partial charge on any atom is 0.329 e. The molecule has 19 unspecified atom stereocenters. The van der Waals surface area contributed by atoms with Crippen LogP contribution in [0.1, 0.15) is 259 Å². The number of carbonyl (C=O) groups is 12. The number of aromatic nitrogens is 1. The number of amides is 8. The number of nitrogens with two attached hydrogens (primary N) is 1. The topological polar surface area (TPSA) is 374 Å². The number of esters is 2. The minimum atomic E-state index is -1.86. The second-order valence-electron chi connectivity index (χ2n) is 39.8. The summed E-state index contributed by atoms with van der Waals surface area (Å²) in [5.41, 5.74) is 10.1. The lowest BCUT2D eigenvalue weighted by Crippen LogP contribution is -2.59. The Balaban J connectivity index is 0.000000411. The average Bonchev–Trinajstić information content (AvgIpc) is 1.62. The normalized spacial score (nSPS) is 32.2. The monoisotopic (exact) mass is 1680 g/mol. The third-order valence-electron chi connectivity index (χ3n) is 30.0. The van der Waals surface area contributed by atoms with Crippen LogP contribution in [0.2, 0.25) is 0 Å². The molecule has 666 valence electrons. The predicted octanol–water partition coefficient (Wildman–Crippen LogP) is 11.2. The summed E-state index contributed by atoms with van der Waals surface area (Å²) in [6.07, 6.45) is 14.5. The fraction of sp³-hybridized carbons (Fsp3) is 0.702. The highest BCUT2D eigenvalue weighted by Gasteiger charge is 2.64. The lowest BCUT2D eigenvalue weighted by molar-refractivity contribution is -0.163. The molecule has 8 amide bonds. The molecule has 0 radical (unpaired) electrons. The van der Waals surface area contributed by atoms with Crippen LogP contribution in [-0.4, -0.2) is 196 Å². The van der Waals surface area contributed by atoms with Gasteiger partial charge in [0.25, 0.3) is 11.8 Å². The van der Waals surface area contributed by atoms with Gasteiger partial charge in [0, 0.05) is 57.4 Å². The summed E-state index contributed by atoms with van der Waals surface area (Å²) in [5, 5.41) is 21.6. The number of allylic oxidation sites excluding steroid dienone is 4. The van der Waals surface area contributed by atoms with Crippen LogP contribution in [0.3, 0.4) is 0 Å². The van der Waals surface area contributed by atoms with Crippen molar-refractivity contribution in [2.24, 2.45) is 86.8 Å². The summed E-state index contributed by atoms with van der Waals surface area (Å²) in [6, 6.07) is -5.71. The quantitative estimate of drug-likeness (QED) is 0.0424. The number of hydrogen-bond acceptors (Lipinski definition) is 19. The second kappa shape index (κ2) is 36.9. The Kier molecular flexibility index (Phi) is 28.8. The van der Waals surface area contributed by atoms with E-state index in [2.05, 4.69) is 82.7 Å². The van der Waals surface area contributed by atoms with Crippen molar-refractivity contribution in [1.82, 2.24) is 45.9 Å². The van der Waals surface area contributed by atoms with Gasteiger partial charge in [-0.25, -0.2) is 14.6 Å². The van der Waals surface area contributed by atoms with E-state index >= 15 is 9.59 Å². The first kappa shape index (κ1) is 94.4. The number of cyclic esters (lactones) is 2. The lowest BCUT2D eigenvalue weighted by atomic mass is 9.43. The molecule has 7 aliphatic carbocycles. The first-order valence-corrected chi connectivity index (χ1v) is 44.4. The number of ketones is 2. The molecule has 121 heavy (non-hydrogen) atoms. The number of Topliss-reactive ketones (excluding diaryl/α,β-unsaturated/α-hetero) is 2. The van der Waals surface area contributed by atoms with Crippen molar-refractivity contribution in [2.45, 2.75) is 296 Å². The molecule has 3 heterocycles. The molecular formula is C94H138N10O17. The number of fused-ring (bicyclic) bond motifs is 8. The first-order valence-electron chi connectivity index (χ1n) is 44.4. The molecule has 0 aromatic heterocycles. The summed E-state index contributed by atoms with van der Waals surface area (Å²) < 4.78 is 18.3. The Morgan fingerprint density at radius 2 is 1.12 bits per heavy atom. The number of aliphatic hydroxyl groups excluding tert-OH is 1. The van der Waals surface area contributed by atoms with Gasteiger partial charge in [0.1, 0.15) is 47.6 Å². The Labute approximate surface area is 714 Å².